The van der Waals surface area contributed by atoms with E-state index in [2.05, 4.69) is 44.6 Å². The molecule has 4 aromatic rings. The maximum atomic E-state index is 13.5. The molecule has 2 amide bonds. The summed E-state index contributed by atoms with van der Waals surface area (Å²) >= 11 is 0. The number of amides is 2. The van der Waals surface area contributed by atoms with E-state index in [0.29, 0.717) is 49.0 Å². The molecule has 41 heavy (non-hydrogen) atoms. The summed E-state index contributed by atoms with van der Waals surface area (Å²) in [6.07, 6.45) is 6.38. The highest BCUT2D eigenvalue weighted by Gasteiger charge is 2.28. The number of ether oxygens (including phenoxy) is 1. The highest BCUT2D eigenvalue weighted by atomic mass is 16.5. The summed E-state index contributed by atoms with van der Waals surface area (Å²) in [5, 5.41) is 7.23. The number of nitrogens with zero attached hydrogens (tertiary/aromatic N) is 5. The Hall–Kier alpha value is -4.50. The van der Waals surface area contributed by atoms with Crippen LogP contribution in [0.25, 0.3) is 11.1 Å². The van der Waals surface area contributed by atoms with Crippen molar-refractivity contribution in [2.45, 2.75) is 19.3 Å². The average molecular weight is 551 g/mol. The first-order valence-corrected chi connectivity index (χ1v) is 14.0. The minimum Gasteiger partial charge on any atom is -0.378 e. The number of benzene rings is 2. The summed E-state index contributed by atoms with van der Waals surface area (Å²) in [5.74, 6) is 0.850. The van der Waals surface area contributed by atoms with Gasteiger partial charge in [-0.3, -0.25) is 14.3 Å². The molecule has 2 aromatic carbocycles. The quantitative estimate of drug-likeness (QED) is 0.380. The predicted octanol–water partition coefficient (Wildman–Crippen LogP) is 4.51. The molecule has 2 aliphatic rings. The summed E-state index contributed by atoms with van der Waals surface area (Å²) in [6, 6.07) is 17.7. The number of morpholine rings is 1. The molecule has 210 valence electrons. The van der Waals surface area contributed by atoms with E-state index in [-0.39, 0.29) is 11.8 Å². The first-order chi connectivity index (χ1) is 19.9. The van der Waals surface area contributed by atoms with E-state index in [1.165, 1.54) is 5.56 Å². The van der Waals surface area contributed by atoms with Crippen LogP contribution in [0.4, 0.5) is 11.5 Å². The fraction of sp³-hybridized carbons (Fsp3) is 0.312. The maximum absolute atomic E-state index is 13.5. The first-order valence-electron chi connectivity index (χ1n) is 14.0. The van der Waals surface area contributed by atoms with Crippen LogP contribution in [-0.4, -0.2) is 70.9 Å². The molecule has 0 saturated carbocycles. The van der Waals surface area contributed by atoms with E-state index in [0.717, 1.165) is 42.0 Å². The summed E-state index contributed by atoms with van der Waals surface area (Å²) < 4.78 is 7.20. The highest BCUT2D eigenvalue weighted by molar-refractivity contribution is 6.05. The van der Waals surface area contributed by atoms with Crippen LogP contribution in [0.5, 0.6) is 0 Å². The largest absolute Gasteiger partial charge is 0.378 e. The van der Waals surface area contributed by atoms with E-state index >= 15 is 0 Å². The van der Waals surface area contributed by atoms with E-state index in [1.807, 2.05) is 49.5 Å². The van der Waals surface area contributed by atoms with Crippen molar-refractivity contribution >= 4 is 23.3 Å². The zero-order valence-corrected chi connectivity index (χ0v) is 23.4. The maximum Gasteiger partial charge on any atom is 0.257 e. The van der Waals surface area contributed by atoms with E-state index in [1.54, 1.807) is 23.0 Å². The molecule has 1 N–H and O–H groups in total. The second-order valence-corrected chi connectivity index (χ2v) is 10.7. The molecule has 2 saturated heterocycles. The van der Waals surface area contributed by atoms with Crippen molar-refractivity contribution in [1.29, 1.82) is 0 Å². The van der Waals surface area contributed by atoms with Crippen molar-refractivity contribution in [3.8, 4) is 11.1 Å². The number of anilines is 2. The van der Waals surface area contributed by atoms with Gasteiger partial charge in [0.2, 0.25) is 0 Å². The summed E-state index contributed by atoms with van der Waals surface area (Å²) in [4.78, 5) is 35.0. The molecule has 6 rings (SSSR count). The van der Waals surface area contributed by atoms with E-state index < -0.39 is 0 Å². The number of hydrogen-bond donors (Lipinski definition) is 1. The lowest BCUT2D eigenvalue weighted by Gasteiger charge is -2.27. The van der Waals surface area contributed by atoms with Crippen LogP contribution < -0.4 is 10.2 Å². The Bertz CT molecular complexity index is 1540. The van der Waals surface area contributed by atoms with Crippen LogP contribution >= 0.6 is 0 Å². The van der Waals surface area contributed by atoms with E-state index in [9.17, 15) is 9.59 Å². The van der Waals surface area contributed by atoms with Crippen LogP contribution in [0, 0.1) is 6.92 Å². The molecule has 0 bridgehead atoms. The van der Waals surface area contributed by atoms with Gasteiger partial charge in [-0.05, 0) is 54.3 Å². The third kappa shape index (κ3) is 5.85. The Morgan fingerprint density at radius 2 is 1.71 bits per heavy atom. The molecule has 0 aliphatic carbocycles. The number of likely N-dealkylation sites (tertiary alicyclic amines) is 1. The van der Waals surface area contributed by atoms with Crippen LogP contribution in [-0.2, 0) is 11.8 Å². The average Bonchev–Trinajstić information content (AvgIpc) is 3.68. The lowest BCUT2D eigenvalue weighted by molar-refractivity contribution is 0.0790. The Balaban J connectivity index is 1.09. The van der Waals surface area contributed by atoms with Gasteiger partial charge in [0.25, 0.3) is 11.8 Å². The number of rotatable bonds is 6. The second kappa shape index (κ2) is 11.5. The van der Waals surface area contributed by atoms with Gasteiger partial charge in [-0.15, -0.1) is 0 Å². The Morgan fingerprint density at radius 1 is 0.927 bits per heavy atom. The lowest BCUT2D eigenvalue weighted by atomic mass is 9.96. The fourth-order valence-corrected chi connectivity index (χ4v) is 5.50. The Labute approximate surface area is 239 Å². The standard InChI is InChI=1S/C32H34N6O3/c1-22-3-4-25(17-29(22)35-31(39)26-9-10-30(33-18-26)37-13-15-41-16-14-37)32(40)38-12-11-27(21-38)23-5-7-24(8-6-23)28-19-34-36(2)20-28/h3-10,17-20,27H,11-16,21H2,1-2H3,(H,35,39). The smallest absolute Gasteiger partial charge is 0.257 e. The van der Waals surface area contributed by atoms with Crippen LogP contribution in [0.2, 0.25) is 0 Å². The van der Waals surface area contributed by atoms with Crippen molar-refractivity contribution < 1.29 is 14.3 Å². The van der Waals surface area contributed by atoms with Crippen LogP contribution in [0.15, 0.2) is 73.2 Å². The fourth-order valence-electron chi connectivity index (χ4n) is 5.50. The zero-order chi connectivity index (χ0) is 28.3. The molecular weight excluding hydrogens is 516 g/mol. The van der Waals surface area contributed by atoms with E-state index in [4.69, 9.17) is 4.74 Å². The lowest BCUT2D eigenvalue weighted by Crippen LogP contribution is -2.36. The summed E-state index contributed by atoms with van der Waals surface area (Å²) in [6.45, 7) is 6.22. The first kappa shape index (κ1) is 26.7. The SMILES string of the molecule is Cc1ccc(C(=O)N2CCC(c3ccc(-c4cnn(C)c4)cc3)C2)cc1NC(=O)c1ccc(N2CCOCC2)nc1. The molecule has 9 heteroatoms. The van der Waals surface area contributed by atoms with Crippen LogP contribution in [0.3, 0.4) is 0 Å². The normalized spacial score (nSPS) is 17.1. The van der Waals surface area contributed by atoms with Crippen molar-refractivity contribution in [3.05, 3.63) is 95.4 Å². The van der Waals surface area contributed by atoms with Gasteiger partial charge in [0.05, 0.1) is 25.0 Å². The molecule has 1 atom stereocenters. The van der Waals surface area contributed by atoms with Crippen molar-refractivity contribution in [3.63, 3.8) is 0 Å². The van der Waals surface area contributed by atoms with Crippen LogP contribution in [0.1, 0.15) is 44.2 Å². The number of hydrogen-bond acceptors (Lipinski definition) is 6. The van der Waals surface area contributed by atoms with Crippen molar-refractivity contribution in [1.82, 2.24) is 19.7 Å². The molecule has 0 spiro atoms. The third-order valence-corrected chi connectivity index (χ3v) is 7.97. The third-order valence-electron chi connectivity index (χ3n) is 7.97. The van der Waals surface area contributed by atoms with Crippen molar-refractivity contribution in [2.24, 2.45) is 7.05 Å². The molecule has 2 aliphatic heterocycles. The topological polar surface area (TPSA) is 92.6 Å². The van der Waals surface area contributed by atoms with Gasteiger partial charge in [0.1, 0.15) is 5.82 Å². The summed E-state index contributed by atoms with van der Waals surface area (Å²) in [5.41, 5.74) is 6.00. The summed E-state index contributed by atoms with van der Waals surface area (Å²) in [7, 11) is 1.91. The molecule has 0 radical (unpaired) electrons. The number of pyridine rings is 1. The minimum absolute atomic E-state index is 0.0218. The Morgan fingerprint density at radius 3 is 2.41 bits per heavy atom. The number of aryl methyl sites for hydroxylation is 2. The van der Waals surface area contributed by atoms with Gasteiger partial charge >= 0.3 is 0 Å². The number of aromatic nitrogens is 3. The van der Waals surface area contributed by atoms with Gasteiger partial charge in [0.15, 0.2) is 0 Å². The van der Waals surface area contributed by atoms with Gasteiger partial charge < -0.3 is 19.9 Å². The molecule has 4 heterocycles. The number of carbonyl (C=O) groups is 2. The van der Waals surface area contributed by atoms with Gasteiger partial charge in [-0.25, -0.2) is 4.98 Å². The molecule has 1 unspecified atom stereocenters. The minimum atomic E-state index is -0.255. The molecule has 2 fully saturated rings. The number of nitrogens with one attached hydrogen (secondary N) is 1. The monoisotopic (exact) mass is 550 g/mol. The van der Waals surface area contributed by atoms with Crippen molar-refractivity contribution in [2.75, 3.05) is 49.6 Å². The molecule has 9 nitrogen and oxygen atoms in total. The zero-order valence-electron chi connectivity index (χ0n) is 23.4. The predicted molar refractivity (Wildman–Crippen MR) is 158 cm³/mol. The van der Waals surface area contributed by atoms with Gasteiger partial charge in [-0.2, -0.15) is 5.10 Å². The second-order valence-electron chi connectivity index (χ2n) is 10.7. The van der Waals surface area contributed by atoms with Gasteiger partial charge in [0, 0.05) is 68.4 Å². The van der Waals surface area contributed by atoms with Gasteiger partial charge in [-0.1, -0.05) is 30.3 Å². The molecular formula is C32H34N6O3. The highest BCUT2D eigenvalue weighted by Crippen LogP contribution is 2.30. The Kier molecular flexibility index (Phi) is 7.52. The number of carbonyl (C=O) groups excluding carboxylic acids is 2. The molecule has 2 aromatic heterocycles.